The van der Waals surface area contributed by atoms with Gasteiger partial charge in [-0.05, 0) is 43.1 Å². The number of nitrogens with zero attached hydrogens (tertiary/aromatic N) is 1. The maximum absolute atomic E-state index is 13.0. The first-order chi connectivity index (χ1) is 9.25. The van der Waals surface area contributed by atoms with Gasteiger partial charge >= 0.3 is 0 Å². The summed E-state index contributed by atoms with van der Waals surface area (Å²) in [5.41, 5.74) is 2.26. The van der Waals surface area contributed by atoms with Crippen LogP contribution in [0, 0.1) is 12.7 Å². The number of hydrogen-bond acceptors (Lipinski definition) is 3. The lowest BCUT2D eigenvalue weighted by atomic mass is 10.1. The average molecular weight is 266 g/mol. The Labute approximate surface area is 114 Å². The van der Waals surface area contributed by atoms with Gasteiger partial charge in [0.1, 0.15) is 5.82 Å². The van der Waals surface area contributed by atoms with Crippen molar-refractivity contribution in [1.82, 2.24) is 10.2 Å². The normalized spacial score (nSPS) is 16.7. The fourth-order valence-corrected chi connectivity index (χ4v) is 2.35. The second-order valence-corrected chi connectivity index (χ2v) is 5.02. The summed E-state index contributed by atoms with van der Waals surface area (Å²) in [5, 5.41) is 3.45. The molecule has 1 aromatic rings. The maximum atomic E-state index is 13.0. The van der Waals surface area contributed by atoms with E-state index in [2.05, 4.69) is 10.2 Å². The molecule has 1 N–H and O–H groups in total. The molecular weight excluding hydrogens is 243 g/mol. The van der Waals surface area contributed by atoms with Crippen LogP contribution in [0.5, 0.6) is 0 Å². The molecule has 0 atom stereocenters. The first kappa shape index (κ1) is 14.4. The van der Waals surface area contributed by atoms with Crippen LogP contribution in [0.2, 0.25) is 0 Å². The molecule has 106 valence electrons. The van der Waals surface area contributed by atoms with Crippen LogP contribution in [0.25, 0.3) is 0 Å². The highest BCUT2D eigenvalue weighted by atomic mass is 19.1. The molecule has 0 unspecified atom stereocenters. The molecule has 0 aromatic heterocycles. The van der Waals surface area contributed by atoms with Gasteiger partial charge in [-0.15, -0.1) is 0 Å². The number of ether oxygens (including phenoxy) is 1. The van der Waals surface area contributed by atoms with Crippen molar-refractivity contribution in [2.24, 2.45) is 0 Å². The van der Waals surface area contributed by atoms with E-state index in [-0.39, 0.29) is 5.82 Å². The summed E-state index contributed by atoms with van der Waals surface area (Å²) in [7, 11) is 0. The third kappa shape index (κ3) is 4.90. The standard InChI is InChI=1S/C15H23FN2O/c1-13-12-15(16)3-2-14(13)4-5-17-6-7-18-8-10-19-11-9-18/h2-3,12,17H,4-11H2,1H3. The fraction of sp³-hybridized carbons (Fsp3) is 0.600. The Bertz CT molecular complexity index is 392. The van der Waals surface area contributed by atoms with Crippen molar-refractivity contribution in [3.63, 3.8) is 0 Å². The molecule has 1 aliphatic rings. The Hall–Kier alpha value is -0.970. The van der Waals surface area contributed by atoms with Crippen molar-refractivity contribution in [3.05, 3.63) is 35.1 Å². The van der Waals surface area contributed by atoms with E-state index in [1.165, 1.54) is 11.6 Å². The molecule has 3 nitrogen and oxygen atoms in total. The van der Waals surface area contributed by atoms with Crippen molar-refractivity contribution >= 4 is 0 Å². The van der Waals surface area contributed by atoms with Gasteiger partial charge in [0.05, 0.1) is 13.2 Å². The summed E-state index contributed by atoms with van der Waals surface area (Å²) in [6.45, 7) is 8.77. The molecule has 1 saturated heterocycles. The van der Waals surface area contributed by atoms with Gasteiger partial charge < -0.3 is 10.1 Å². The number of nitrogens with one attached hydrogen (secondary N) is 1. The third-order valence-electron chi connectivity index (χ3n) is 3.58. The minimum Gasteiger partial charge on any atom is -0.379 e. The molecule has 0 radical (unpaired) electrons. The van der Waals surface area contributed by atoms with Gasteiger partial charge in [0.2, 0.25) is 0 Å². The summed E-state index contributed by atoms with van der Waals surface area (Å²) in [4.78, 5) is 2.42. The predicted molar refractivity (Wildman–Crippen MR) is 75.0 cm³/mol. The number of benzene rings is 1. The van der Waals surface area contributed by atoms with Crippen LogP contribution < -0.4 is 5.32 Å². The Kier molecular flexibility index (Phi) is 5.76. The summed E-state index contributed by atoms with van der Waals surface area (Å²) < 4.78 is 18.3. The first-order valence-corrected chi connectivity index (χ1v) is 7.01. The van der Waals surface area contributed by atoms with E-state index < -0.39 is 0 Å². The van der Waals surface area contributed by atoms with Crippen LogP contribution in [-0.2, 0) is 11.2 Å². The maximum Gasteiger partial charge on any atom is 0.123 e. The fourth-order valence-electron chi connectivity index (χ4n) is 2.35. The molecule has 19 heavy (non-hydrogen) atoms. The molecule has 0 bridgehead atoms. The van der Waals surface area contributed by atoms with Crippen LogP contribution >= 0.6 is 0 Å². The molecular formula is C15H23FN2O. The molecule has 1 heterocycles. The van der Waals surface area contributed by atoms with E-state index in [4.69, 9.17) is 4.74 Å². The molecule has 0 aliphatic carbocycles. The van der Waals surface area contributed by atoms with E-state index >= 15 is 0 Å². The highest BCUT2D eigenvalue weighted by Crippen LogP contribution is 2.10. The Morgan fingerprint density at radius 2 is 2.05 bits per heavy atom. The largest absolute Gasteiger partial charge is 0.379 e. The quantitative estimate of drug-likeness (QED) is 0.792. The van der Waals surface area contributed by atoms with Gasteiger partial charge in [0.15, 0.2) is 0 Å². The molecule has 1 fully saturated rings. The van der Waals surface area contributed by atoms with Crippen LogP contribution in [0.15, 0.2) is 18.2 Å². The van der Waals surface area contributed by atoms with E-state index in [0.717, 1.165) is 57.9 Å². The Morgan fingerprint density at radius 3 is 2.79 bits per heavy atom. The van der Waals surface area contributed by atoms with Gasteiger partial charge in [-0.2, -0.15) is 0 Å². The lowest BCUT2D eigenvalue weighted by Gasteiger charge is -2.26. The van der Waals surface area contributed by atoms with Crippen LogP contribution in [0.3, 0.4) is 0 Å². The van der Waals surface area contributed by atoms with Crippen LogP contribution in [-0.4, -0.2) is 50.8 Å². The molecule has 0 spiro atoms. The summed E-state index contributed by atoms with van der Waals surface area (Å²) >= 11 is 0. The minimum atomic E-state index is -0.151. The monoisotopic (exact) mass is 266 g/mol. The summed E-state index contributed by atoms with van der Waals surface area (Å²) in [5.74, 6) is -0.151. The number of hydrogen-bond donors (Lipinski definition) is 1. The smallest absolute Gasteiger partial charge is 0.123 e. The molecule has 0 amide bonds. The number of halogens is 1. The van der Waals surface area contributed by atoms with E-state index in [9.17, 15) is 4.39 Å². The molecule has 1 aromatic carbocycles. The highest BCUT2D eigenvalue weighted by molar-refractivity contribution is 5.26. The van der Waals surface area contributed by atoms with E-state index in [0.29, 0.717) is 0 Å². The zero-order chi connectivity index (χ0) is 13.5. The Morgan fingerprint density at radius 1 is 1.26 bits per heavy atom. The topological polar surface area (TPSA) is 24.5 Å². The molecule has 0 saturated carbocycles. The van der Waals surface area contributed by atoms with Gasteiger partial charge in [-0.1, -0.05) is 6.07 Å². The second kappa shape index (κ2) is 7.58. The van der Waals surface area contributed by atoms with Gasteiger partial charge in [-0.3, -0.25) is 4.90 Å². The van der Waals surface area contributed by atoms with Crippen molar-refractivity contribution in [3.8, 4) is 0 Å². The van der Waals surface area contributed by atoms with Crippen LogP contribution in [0.1, 0.15) is 11.1 Å². The second-order valence-electron chi connectivity index (χ2n) is 5.02. The highest BCUT2D eigenvalue weighted by Gasteiger charge is 2.08. The third-order valence-corrected chi connectivity index (χ3v) is 3.58. The summed E-state index contributed by atoms with van der Waals surface area (Å²) in [6.07, 6.45) is 0.954. The lowest BCUT2D eigenvalue weighted by molar-refractivity contribution is 0.0385. The molecule has 2 rings (SSSR count). The van der Waals surface area contributed by atoms with E-state index in [1.807, 2.05) is 13.0 Å². The molecule has 4 heteroatoms. The molecule has 1 aliphatic heterocycles. The number of morpholine rings is 1. The van der Waals surface area contributed by atoms with Crippen molar-refractivity contribution < 1.29 is 9.13 Å². The van der Waals surface area contributed by atoms with Crippen molar-refractivity contribution in [2.45, 2.75) is 13.3 Å². The van der Waals surface area contributed by atoms with Crippen molar-refractivity contribution in [2.75, 3.05) is 45.9 Å². The number of aryl methyl sites for hydroxylation is 1. The lowest BCUT2D eigenvalue weighted by Crippen LogP contribution is -2.40. The van der Waals surface area contributed by atoms with Crippen LogP contribution in [0.4, 0.5) is 4.39 Å². The van der Waals surface area contributed by atoms with E-state index in [1.54, 1.807) is 6.07 Å². The predicted octanol–water partition coefficient (Wildman–Crippen LogP) is 1.60. The zero-order valence-electron chi connectivity index (χ0n) is 11.6. The Balaban J connectivity index is 1.61. The zero-order valence-corrected chi connectivity index (χ0v) is 11.6. The summed E-state index contributed by atoms with van der Waals surface area (Å²) in [6, 6.07) is 5.02. The number of rotatable bonds is 6. The SMILES string of the molecule is Cc1cc(F)ccc1CCNCCN1CCOCC1. The first-order valence-electron chi connectivity index (χ1n) is 7.01. The van der Waals surface area contributed by atoms with Crippen molar-refractivity contribution in [1.29, 1.82) is 0 Å². The average Bonchev–Trinajstić information content (AvgIpc) is 2.42. The minimum absolute atomic E-state index is 0.151. The van der Waals surface area contributed by atoms with Gasteiger partial charge in [-0.25, -0.2) is 4.39 Å². The van der Waals surface area contributed by atoms with Gasteiger partial charge in [0.25, 0.3) is 0 Å². The van der Waals surface area contributed by atoms with Gasteiger partial charge in [0, 0.05) is 26.2 Å².